The molecule has 1 aromatic heterocycles. The Morgan fingerprint density at radius 2 is 2.09 bits per heavy atom. The Morgan fingerprint density at radius 1 is 1.30 bits per heavy atom. The van der Waals surface area contributed by atoms with Crippen LogP contribution in [0.25, 0.3) is 6.08 Å². The second-order valence-corrected chi connectivity index (χ2v) is 6.87. The van der Waals surface area contributed by atoms with E-state index in [2.05, 4.69) is 17.2 Å². The van der Waals surface area contributed by atoms with Gasteiger partial charge in [0.05, 0.1) is 11.1 Å². The second kappa shape index (κ2) is 7.10. The van der Waals surface area contributed by atoms with E-state index < -0.39 is 0 Å². The van der Waals surface area contributed by atoms with Crippen molar-refractivity contribution in [2.75, 3.05) is 6.54 Å². The fourth-order valence-electron chi connectivity index (χ4n) is 2.36. The quantitative estimate of drug-likeness (QED) is 0.616. The average Bonchev–Trinajstić information content (AvgIpc) is 3.12. The molecule has 0 aliphatic carbocycles. The van der Waals surface area contributed by atoms with Crippen LogP contribution in [-0.4, -0.2) is 31.5 Å². The van der Waals surface area contributed by atoms with Gasteiger partial charge in [-0.2, -0.15) is 5.10 Å². The molecule has 2 heterocycles. The van der Waals surface area contributed by atoms with Gasteiger partial charge in [0.1, 0.15) is 4.32 Å². The normalized spacial score (nSPS) is 16.6. The van der Waals surface area contributed by atoms with Crippen LogP contribution in [0, 0.1) is 0 Å². The second-order valence-electron chi connectivity index (χ2n) is 5.20. The van der Waals surface area contributed by atoms with Gasteiger partial charge in [-0.1, -0.05) is 54.3 Å². The van der Waals surface area contributed by atoms with Crippen molar-refractivity contribution in [2.24, 2.45) is 0 Å². The lowest BCUT2D eigenvalue weighted by molar-refractivity contribution is -0.122. The van der Waals surface area contributed by atoms with E-state index in [0.717, 1.165) is 18.5 Å². The van der Waals surface area contributed by atoms with E-state index in [1.165, 1.54) is 17.3 Å². The van der Waals surface area contributed by atoms with Gasteiger partial charge in [0.25, 0.3) is 5.91 Å². The molecule has 0 unspecified atom stereocenters. The molecule has 0 bridgehead atoms. The lowest BCUT2D eigenvalue weighted by Gasteiger charge is -2.14. The molecule has 6 heteroatoms. The third-order valence-electron chi connectivity index (χ3n) is 3.62. The zero-order valence-electron chi connectivity index (χ0n) is 12.8. The van der Waals surface area contributed by atoms with Crippen LogP contribution >= 0.6 is 24.0 Å². The van der Waals surface area contributed by atoms with E-state index in [1.807, 2.05) is 42.1 Å². The van der Waals surface area contributed by atoms with E-state index >= 15 is 0 Å². The van der Waals surface area contributed by atoms with Crippen LogP contribution in [0.4, 0.5) is 0 Å². The number of benzene rings is 1. The lowest BCUT2D eigenvalue weighted by Crippen LogP contribution is -2.30. The van der Waals surface area contributed by atoms with Crippen LogP contribution in [0.15, 0.2) is 47.6 Å². The molecular weight excluding hydrogens is 326 g/mol. The number of carbonyl (C=O) groups excluding carboxylic acids is 1. The van der Waals surface area contributed by atoms with Crippen LogP contribution in [0.3, 0.4) is 0 Å². The summed E-state index contributed by atoms with van der Waals surface area (Å²) in [5.41, 5.74) is 2.13. The van der Waals surface area contributed by atoms with Crippen molar-refractivity contribution in [3.63, 3.8) is 0 Å². The Hall–Kier alpha value is -1.92. The summed E-state index contributed by atoms with van der Waals surface area (Å²) in [6, 6.07) is 10.1. The van der Waals surface area contributed by atoms with Crippen molar-refractivity contribution in [1.82, 2.24) is 14.7 Å². The highest BCUT2D eigenvalue weighted by Gasteiger charge is 2.31. The van der Waals surface area contributed by atoms with Crippen LogP contribution in [0.5, 0.6) is 0 Å². The maximum Gasteiger partial charge on any atom is 0.266 e. The summed E-state index contributed by atoms with van der Waals surface area (Å²) in [6.45, 7) is 3.45. The minimum absolute atomic E-state index is 0.0137. The van der Waals surface area contributed by atoms with Gasteiger partial charge in [0.2, 0.25) is 0 Å². The number of hydrogen-bond acceptors (Lipinski definition) is 4. The molecule has 1 aliphatic rings. The zero-order chi connectivity index (χ0) is 16.2. The van der Waals surface area contributed by atoms with Gasteiger partial charge in [0, 0.05) is 24.8 Å². The SMILES string of the molecule is CCn1cc(/C=C2/SC(=S)N(CCc3ccccc3)C2=O)cn1. The Morgan fingerprint density at radius 3 is 2.78 bits per heavy atom. The maximum atomic E-state index is 12.5. The zero-order valence-corrected chi connectivity index (χ0v) is 14.4. The van der Waals surface area contributed by atoms with E-state index in [1.54, 1.807) is 11.1 Å². The third kappa shape index (κ3) is 3.71. The Balaban J connectivity index is 1.69. The van der Waals surface area contributed by atoms with Gasteiger partial charge in [-0.05, 0) is 25.0 Å². The minimum Gasteiger partial charge on any atom is -0.293 e. The summed E-state index contributed by atoms with van der Waals surface area (Å²) in [6.07, 6.45) is 6.35. The largest absolute Gasteiger partial charge is 0.293 e. The van der Waals surface area contributed by atoms with Crippen molar-refractivity contribution >= 4 is 40.3 Å². The number of thioether (sulfide) groups is 1. The highest BCUT2D eigenvalue weighted by Crippen LogP contribution is 2.32. The number of rotatable bonds is 5. The Bertz CT molecular complexity index is 752. The van der Waals surface area contributed by atoms with E-state index in [0.29, 0.717) is 15.8 Å². The summed E-state index contributed by atoms with van der Waals surface area (Å²) in [5.74, 6) is -0.0137. The number of carbonyl (C=O) groups is 1. The van der Waals surface area contributed by atoms with Crippen LogP contribution < -0.4 is 0 Å². The highest BCUT2D eigenvalue weighted by atomic mass is 32.2. The first-order valence-electron chi connectivity index (χ1n) is 7.49. The first kappa shape index (κ1) is 16.0. The fraction of sp³-hybridized carbons (Fsp3) is 0.235. The fourth-order valence-corrected chi connectivity index (χ4v) is 3.67. The van der Waals surface area contributed by atoms with Gasteiger partial charge in [-0.25, -0.2) is 0 Å². The molecule has 0 atom stereocenters. The van der Waals surface area contributed by atoms with E-state index in [4.69, 9.17) is 12.2 Å². The molecule has 23 heavy (non-hydrogen) atoms. The predicted octanol–water partition coefficient (Wildman–Crippen LogP) is 3.35. The molecule has 2 aromatic rings. The molecule has 0 N–H and O–H groups in total. The Labute approximate surface area is 145 Å². The first-order valence-corrected chi connectivity index (χ1v) is 8.71. The number of aromatic nitrogens is 2. The molecule has 0 saturated carbocycles. The summed E-state index contributed by atoms with van der Waals surface area (Å²) in [5, 5.41) is 4.22. The molecule has 118 valence electrons. The molecule has 0 spiro atoms. The number of hydrogen-bond donors (Lipinski definition) is 0. The molecule has 1 aliphatic heterocycles. The molecule has 1 fully saturated rings. The molecule has 0 radical (unpaired) electrons. The first-order chi connectivity index (χ1) is 11.2. The molecule has 4 nitrogen and oxygen atoms in total. The van der Waals surface area contributed by atoms with Gasteiger partial charge >= 0.3 is 0 Å². The molecule has 1 saturated heterocycles. The van der Waals surface area contributed by atoms with Crippen molar-refractivity contribution in [2.45, 2.75) is 19.9 Å². The summed E-state index contributed by atoms with van der Waals surface area (Å²) in [4.78, 5) is 14.9. The van der Waals surface area contributed by atoms with Gasteiger partial charge in [-0.15, -0.1) is 0 Å². The molecule has 3 rings (SSSR count). The van der Waals surface area contributed by atoms with Gasteiger partial charge in [-0.3, -0.25) is 14.4 Å². The molecule has 1 aromatic carbocycles. The number of thiocarbonyl (C=S) groups is 1. The number of aryl methyl sites for hydroxylation is 1. The van der Waals surface area contributed by atoms with Crippen molar-refractivity contribution in [3.8, 4) is 0 Å². The Kier molecular flexibility index (Phi) is 4.93. The monoisotopic (exact) mass is 343 g/mol. The van der Waals surface area contributed by atoms with E-state index in [9.17, 15) is 4.79 Å². The van der Waals surface area contributed by atoms with Gasteiger partial charge < -0.3 is 0 Å². The standard InChI is InChI=1S/C17H17N3OS2/c1-2-19-12-14(11-18-19)10-15-16(21)20(17(22)23-15)9-8-13-6-4-3-5-7-13/h3-7,10-12H,2,8-9H2,1H3/b15-10+. The summed E-state index contributed by atoms with van der Waals surface area (Å²) >= 11 is 6.72. The summed E-state index contributed by atoms with van der Waals surface area (Å²) in [7, 11) is 0. The van der Waals surface area contributed by atoms with Crippen molar-refractivity contribution < 1.29 is 4.79 Å². The number of amides is 1. The van der Waals surface area contributed by atoms with Crippen molar-refractivity contribution in [1.29, 1.82) is 0 Å². The minimum atomic E-state index is -0.0137. The molecule has 1 amide bonds. The van der Waals surface area contributed by atoms with Gasteiger partial charge in [0.15, 0.2) is 0 Å². The average molecular weight is 343 g/mol. The third-order valence-corrected chi connectivity index (χ3v) is 4.99. The topological polar surface area (TPSA) is 38.1 Å². The van der Waals surface area contributed by atoms with Crippen LogP contribution in [0.1, 0.15) is 18.1 Å². The maximum absolute atomic E-state index is 12.5. The smallest absolute Gasteiger partial charge is 0.266 e. The van der Waals surface area contributed by atoms with Crippen LogP contribution in [-0.2, 0) is 17.8 Å². The molecular formula is C17H17N3OS2. The number of nitrogens with zero attached hydrogens (tertiary/aromatic N) is 3. The highest BCUT2D eigenvalue weighted by molar-refractivity contribution is 8.26. The van der Waals surface area contributed by atoms with E-state index in [-0.39, 0.29) is 5.91 Å². The van der Waals surface area contributed by atoms with Crippen molar-refractivity contribution in [3.05, 3.63) is 58.8 Å². The predicted molar refractivity (Wildman–Crippen MR) is 97.9 cm³/mol. The lowest BCUT2D eigenvalue weighted by atomic mass is 10.1. The summed E-state index contributed by atoms with van der Waals surface area (Å²) < 4.78 is 2.46. The van der Waals surface area contributed by atoms with Crippen LogP contribution in [0.2, 0.25) is 0 Å².